The molecular weight excluding hydrogens is 274 g/mol. The number of nitrogens with zero attached hydrogens (tertiary/aromatic N) is 1. The molecule has 1 aromatic rings. The Bertz CT molecular complexity index is 568. The summed E-state index contributed by atoms with van der Waals surface area (Å²) in [5.41, 5.74) is 1.46. The fourth-order valence-electron chi connectivity index (χ4n) is 2.73. The molecular formula is C15H23NO3S. The van der Waals surface area contributed by atoms with E-state index in [-0.39, 0.29) is 6.61 Å². The molecule has 5 heteroatoms. The lowest BCUT2D eigenvalue weighted by Gasteiger charge is -2.30. The monoisotopic (exact) mass is 297 g/mol. The van der Waals surface area contributed by atoms with Crippen LogP contribution < -0.4 is 0 Å². The second kappa shape index (κ2) is 6.24. The van der Waals surface area contributed by atoms with Crippen molar-refractivity contribution in [2.45, 2.75) is 44.6 Å². The summed E-state index contributed by atoms with van der Waals surface area (Å²) >= 11 is 0. The summed E-state index contributed by atoms with van der Waals surface area (Å²) < 4.78 is 27.2. The van der Waals surface area contributed by atoms with Crippen molar-refractivity contribution in [2.24, 2.45) is 5.92 Å². The van der Waals surface area contributed by atoms with Gasteiger partial charge >= 0.3 is 0 Å². The Morgan fingerprint density at radius 2 is 2.15 bits per heavy atom. The van der Waals surface area contributed by atoms with Gasteiger partial charge < -0.3 is 5.11 Å². The zero-order valence-electron chi connectivity index (χ0n) is 12.2. The van der Waals surface area contributed by atoms with Crippen molar-refractivity contribution in [3.8, 4) is 0 Å². The Kier molecular flexibility index (Phi) is 4.83. The van der Waals surface area contributed by atoms with Gasteiger partial charge in [-0.3, -0.25) is 0 Å². The molecule has 1 unspecified atom stereocenters. The Labute approximate surface area is 121 Å². The van der Waals surface area contributed by atoms with Crippen LogP contribution in [0.15, 0.2) is 23.1 Å². The Balaban J connectivity index is 2.42. The first-order valence-corrected chi connectivity index (χ1v) is 8.65. The number of hydrogen-bond donors (Lipinski definition) is 1. The maximum atomic E-state index is 12.8. The van der Waals surface area contributed by atoms with Gasteiger partial charge in [-0.05, 0) is 42.4 Å². The number of rotatable bonds is 4. The van der Waals surface area contributed by atoms with Crippen molar-refractivity contribution in [3.05, 3.63) is 29.3 Å². The summed E-state index contributed by atoms with van der Waals surface area (Å²) in [5, 5.41) is 9.24. The molecule has 2 rings (SSSR count). The van der Waals surface area contributed by atoms with E-state index in [4.69, 9.17) is 0 Å². The van der Waals surface area contributed by atoms with Crippen LogP contribution >= 0.6 is 0 Å². The molecule has 0 aromatic heterocycles. The van der Waals surface area contributed by atoms with Crippen molar-refractivity contribution in [3.63, 3.8) is 0 Å². The molecule has 0 saturated carbocycles. The van der Waals surface area contributed by atoms with E-state index in [0.717, 1.165) is 18.4 Å². The third-order valence-electron chi connectivity index (χ3n) is 3.93. The summed E-state index contributed by atoms with van der Waals surface area (Å²) in [6.45, 7) is 5.09. The van der Waals surface area contributed by atoms with Crippen molar-refractivity contribution >= 4 is 10.0 Å². The van der Waals surface area contributed by atoms with E-state index in [2.05, 4.69) is 6.92 Å². The van der Waals surface area contributed by atoms with Crippen molar-refractivity contribution in [2.75, 3.05) is 13.1 Å². The molecule has 0 spiro atoms. The van der Waals surface area contributed by atoms with Crippen LogP contribution in [0.25, 0.3) is 0 Å². The minimum Gasteiger partial charge on any atom is -0.392 e. The lowest BCUT2D eigenvalue weighted by atomic mass is 10.0. The highest BCUT2D eigenvalue weighted by atomic mass is 32.2. The molecule has 0 amide bonds. The molecule has 1 aromatic carbocycles. The van der Waals surface area contributed by atoms with Crippen LogP contribution in [-0.4, -0.2) is 30.9 Å². The first-order valence-electron chi connectivity index (χ1n) is 7.21. The maximum absolute atomic E-state index is 12.8. The second-order valence-corrected chi connectivity index (χ2v) is 7.47. The van der Waals surface area contributed by atoms with E-state index in [9.17, 15) is 13.5 Å². The summed E-state index contributed by atoms with van der Waals surface area (Å²) in [5.74, 6) is 0.407. The fourth-order valence-corrected chi connectivity index (χ4v) is 4.68. The molecule has 1 N–H and O–H groups in total. The molecule has 0 aliphatic carbocycles. The van der Waals surface area contributed by atoms with Crippen LogP contribution in [0.5, 0.6) is 0 Å². The molecule has 0 bridgehead atoms. The second-order valence-electron chi connectivity index (χ2n) is 5.56. The minimum absolute atomic E-state index is 0.136. The number of benzene rings is 1. The van der Waals surface area contributed by atoms with Crippen molar-refractivity contribution in [1.29, 1.82) is 0 Å². The van der Waals surface area contributed by atoms with Gasteiger partial charge in [0.05, 0.1) is 11.5 Å². The van der Waals surface area contributed by atoms with Gasteiger partial charge in [0.25, 0.3) is 0 Å². The number of sulfonamides is 1. The number of hydrogen-bond acceptors (Lipinski definition) is 3. The van der Waals surface area contributed by atoms with E-state index in [1.54, 1.807) is 16.4 Å². The van der Waals surface area contributed by atoms with Gasteiger partial charge in [-0.2, -0.15) is 4.31 Å². The predicted octanol–water partition coefficient (Wildman–Crippen LogP) is 2.16. The summed E-state index contributed by atoms with van der Waals surface area (Å²) in [6.07, 6.45) is 2.68. The summed E-state index contributed by atoms with van der Waals surface area (Å²) in [6, 6.07) is 5.22. The highest BCUT2D eigenvalue weighted by Gasteiger charge is 2.30. The number of piperidine rings is 1. The molecule has 112 valence electrons. The molecule has 1 aliphatic rings. The third kappa shape index (κ3) is 3.05. The number of aliphatic hydroxyl groups excluding tert-OH is 1. The van der Waals surface area contributed by atoms with E-state index in [1.807, 2.05) is 13.0 Å². The SMILES string of the molecule is CCc1ccc(CO)cc1S(=O)(=O)N1CCCC(C)C1. The number of aryl methyl sites for hydroxylation is 1. The molecule has 1 saturated heterocycles. The van der Waals surface area contributed by atoms with E-state index >= 15 is 0 Å². The molecule has 1 heterocycles. The standard InChI is InChI=1S/C15H23NO3S/c1-3-14-7-6-13(11-17)9-15(14)20(18,19)16-8-4-5-12(2)10-16/h6-7,9,12,17H,3-5,8,10-11H2,1-2H3. The van der Waals surface area contributed by atoms with E-state index in [1.165, 1.54) is 0 Å². The van der Waals surface area contributed by atoms with Crippen molar-refractivity contribution < 1.29 is 13.5 Å². The van der Waals surface area contributed by atoms with Gasteiger partial charge in [0.1, 0.15) is 0 Å². The van der Waals surface area contributed by atoms with Crippen LogP contribution in [0.4, 0.5) is 0 Å². The van der Waals surface area contributed by atoms with E-state index in [0.29, 0.717) is 35.9 Å². The average molecular weight is 297 g/mol. The smallest absolute Gasteiger partial charge is 0.243 e. The zero-order chi connectivity index (χ0) is 14.8. The largest absolute Gasteiger partial charge is 0.392 e. The highest BCUT2D eigenvalue weighted by Crippen LogP contribution is 2.26. The van der Waals surface area contributed by atoms with Crippen LogP contribution in [0.1, 0.15) is 37.8 Å². The first-order chi connectivity index (χ1) is 9.48. The Morgan fingerprint density at radius 3 is 2.75 bits per heavy atom. The van der Waals surface area contributed by atoms with Crippen LogP contribution in [0.3, 0.4) is 0 Å². The van der Waals surface area contributed by atoms with Crippen LogP contribution in [-0.2, 0) is 23.1 Å². The van der Waals surface area contributed by atoms with Crippen LogP contribution in [0.2, 0.25) is 0 Å². The quantitative estimate of drug-likeness (QED) is 0.926. The van der Waals surface area contributed by atoms with Gasteiger partial charge in [-0.15, -0.1) is 0 Å². The third-order valence-corrected chi connectivity index (χ3v) is 5.88. The normalized spacial score (nSPS) is 21.1. The summed E-state index contributed by atoms with van der Waals surface area (Å²) in [7, 11) is -3.45. The predicted molar refractivity (Wildman–Crippen MR) is 78.9 cm³/mol. The van der Waals surface area contributed by atoms with E-state index < -0.39 is 10.0 Å². The average Bonchev–Trinajstić information content (AvgIpc) is 2.46. The molecule has 4 nitrogen and oxygen atoms in total. The zero-order valence-corrected chi connectivity index (χ0v) is 13.0. The molecule has 20 heavy (non-hydrogen) atoms. The maximum Gasteiger partial charge on any atom is 0.243 e. The van der Waals surface area contributed by atoms with Gasteiger partial charge in [0.2, 0.25) is 10.0 Å². The van der Waals surface area contributed by atoms with Gasteiger partial charge in [-0.25, -0.2) is 8.42 Å². The van der Waals surface area contributed by atoms with Gasteiger partial charge in [0, 0.05) is 13.1 Å². The fraction of sp³-hybridized carbons (Fsp3) is 0.600. The lowest BCUT2D eigenvalue weighted by molar-refractivity contribution is 0.279. The summed E-state index contributed by atoms with van der Waals surface area (Å²) in [4.78, 5) is 0.362. The minimum atomic E-state index is -3.45. The molecule has 1 fully saturated rings. The Hall–Kier alpha value is -0.910. The molecule has 1 aliphatic heterocycles. The molecule has 0 radical (unpaired) electrons. The van der Waals surface area contributed by atoms with Gasteiger partial charge in [-0.1, -0.05) is 26.0 Å². The first kappa shape index (κ1) is 15.5. The molecule has 1 atom stereocenters. The highest BCUT2D eigenvalue weighted by molar-refractivity contribution is 7.89. The van der Waals surface area contributed by atoms with Gasteiger partial charge in [0.15, 0.2) is 0 Å². The van der Waals surface area contributed by atoms with Crippen molar-refractivity contribution in [1.82, 2.24) is 4.31 Å². The topological polar surface area (TPSA) is 57.6 Å². The number of aliphatic hydroxyl groups is 1. The Morgan fingerprint density at radius 1 is 1.40 bits per heavy atom. The lowest BCUT2D eigenvalue weighted by Crippen LogP contribution is -2.39. The van der Waals surface area contributed by atoms with Crippen LogP contribution in [0, 0.1) is 5.92 Å².